The van der Waals surface area contributed by atoms with E-state index in [-0.39, 0.29) is 18.4 Å². The molecule has 3 rings (SSSR count). The molecule has 0 spiro atoms. The number of sulfonamides is 1. The lowest BCUT2D eigenvalue weighted by Crippen LogP contribution is -2.48. The van der Waals surface area contributed by atoms with Gasteiger partial charge in [-0.2, -0.15) is 4.31 Å². The summed E-state index contributed by atoms with van der Waals surface area (Å²) >= 11 is 0. The molecule has 1 aliphatic heterocycles. The van der Waals surface area contributed by atoms with Crippen LogP contribution in [0.3, 0.4) is 0 Å². The average molecular weight is 384 g/mol. The van der Waals surface area contributed by atoms with E-state index >= 15 is 0 Å². The summed E-state index contributed by atoms with van der Waals surface area (Å²) in [4.78, 5) is 4.42. The maximum absolute atomic E-state index is 13.1. The molecule has 1 aliphatic rings. The predicted octanol–water partition coefficient (Wildman–Crippen LogP) is 1.98. The Morgan fingerprint density at radius 2 is 2.04 bits per heavy atom. The van der Waals surface area contributed by atoms with Crippen LogP contribution in [0.4, 0.5) is 0 Å². The molecule has 0 saturated carbocycles. The minimum absolute atomic E-state index is 0. The number of piperazine rings is 1. The number of hydrogen-bond donors (Lipinski definition) is 1. The van der Waals surface area contributed by atoms with Crippen molar-refractivity contribution in [2.75, 3.05) is 26.7 Å². The number of benzene rings is 1. The smallest absolute Gasteiger partial charge is 0.243 e. The van der Waals surface area contributed by atoms with Gasteiger partial charge in [0.2, 0.25) is 10.0 Å². The highest BCUT2D eigenvalue weighted by molar-refractivity contribution is 7.89. The number of nitrogens with one attached hydrogen (secondary N) is 1. The minimum atomic E-state index is -3.57. The Morgan fingerprint density at radius 1 is 1.28 bits per heavy atom. The van der Waals surface area contributed by atoms with Crippen molar-refractivity contribution in [3.8, 4) is 0 Å². The molecule has 2 heterocycles. The summed E-state index contributed by atoms with van der Waals surface area (Å²) in [5.74, 6) is 0. The van der Waals surface area contributed by atoms with Crippen molar-refractivity contribution in [1.29, 1.82) is 0 Å². The fourth-order valence-corrected chi connectivity index (χ4v) is 4.50. The molecule has 1 atom stereocenters. The van der Waals surface area contributed by atoms with E-state index in [9.17, 15) is 8.42 Å². The van der Waals surface area contributed by atoms with Crippen LogP contribution >= 0.6 is 12.4 Å². The first-order chi connectivity index (χ1) is 11.6. The molecule has 1 N–H and O–H groups in total. The van der Waals surface area contributed by atoms with Gasteiger partial charge in [0.15, 0.2) is 0 Å². The number of halogens is 1. The number of ether oxygens (including phenoxy) is 1. The van der Waals surface area contributed by atoms with E-state index in [4.69, 9.17) is 4.74 Å². The molecule has 136 valence electrons. The van der Waals surface area contributed by atoms with Gasteiger partial charge < -0.3 is 10.1 Å². The molecule has 1 aromatic heterocycles. The SMILES string of the molecule is COCc1ccc(S(=O)(=O)N2CCNCC2c2cccnc2)cc1.Cl. The Labute approximate surface area is 154 Å². The average Bonchev–Trinajstić information content (AvgIpc) is 2.63. The Balaban J connectivity index is 0.00000225. The number of rotatable bonds is 5. The number of aromatic nitrogens is 1. The zero-order valence-corrected chi connectivity index (χ0v) is 15.6. The first kappa shape index (κ1) is 19.8. The van der Waals surface area contributed by atoms with E-state index in [2.05, 4.69) is 10.3 Å². The Hall–Kier alpha value is -1.51. The quantitative estimate of drug-likeness (QED) is 0.854. The minimum Gasteiger partial charge on any atom is -0.380 e. The second kappa shape index (κ2) is 8.73. The van der Waals surface area contributed by atoms with Crippen molar-refractivity contribution in [1.82, 2.24) is 14.6 Å². The molecule has 0 bridgehead atoms. The highest BCUT2D eigenvalue weighted by Gasteiger charge is 2.34. The van der Waals surface area contributed by atoms with Crippen LogP contribution in [-0.2, 0) is 21.4 Å². The van der Waals surface area contributed by atoms with Gasteiger partial charge in [0.25, 0.3) is 0 Å². The summed E-state index contributed by atoms with van der Waals surface area (Å²) in [5.41, 5.74) is 1.84. The van der Waals surface area contributed by atoms with Gasteiger partial charge in [-0.25, -0.2) is 8.42 Å². The monoisotopic (exact) mass is 383 g/mol. The van der Waals surface area contributed by atoms with E-state index in [1.54, 1.807) is 48.1 Å². The fraction of sp³-hybridized carbons (Fsp3) is 0.353. The highest BCUT2D eigenvalue weighted by Crippen LogP contribution is 2.28. The molecule has 6 nitrogen and oxygen atoms in total. The van der Waals surface area contributed by atoms with Gasteiger partial charge in [-0.15, -0.1) is 12.4 Å². The normalized spacial score (nSPS) is 18.5. The van der Waals surface area contributed by atoms with Crippen LogP contribution in [0.25, 0.3) is 0 Å². The highest BCUT2D eigenvalue weighted by atomic mass is 35.5. The lowest BCUT2D eigenvalue weighted by molar-refractivity contribution is 0.185. The zero-order valence-electron chi connectivity index (χ0n) is 14.0. The van der Waals surface area contributed by atoms with Crippen molar-refractivity contribution in [3.63, 3.8) is 0 Å². The maximum Gasteiger partial charge on any atom is 0.243 e. The summed E-state index contributed by atoms with van der Waals surface area (Å²) in [5, 5.41) is 3.26. The number of pyridine rings is 1. The first-order valence-corrected chi connectivity index (χ1v) is 9.27. The summed E-state index contributed by atoms with van der Waals surface area (Å²) in [6.07, 6.45) is 3.41. The largest absolute Gasteiger partial charge is 0.380 e. The lowest BCUT2D eigenvalue weighted by atomic mass is 10.1. The van der Waals surface area contributed by atoms with Crippen LogP contribution in [0.5, 0.6) is 0 Å². The third-order valence-electron chi connectivity index (χ3n) is 4.10. The Bertz CT molecular complexity index is 769. The zero-order chi connectivity index (χ0) is 17.0. The lowest BCUT2D eigenvalue weighted by Gasteiger charge is -2.35. The summed E-state index contributed by atoms with van der Waals surface area (Å²) in [7, 11) is -1.95. The number of methoxy groups -OCH3 is 1. The number of nitrogens with zero attached hydrogens (tertiary/aromatic N) is 2. The van der Waals surface area contributed by atoms with Crippen LogP contribution in [0, 0.1) is 0 Å². The first-order valence-electron chi connectivity index (χ1n) is 7.83. The van der Waals surface area contributed by atoms with E-state index in [1.165, 1.54) is 0 Å². The number of hydrogen-bond acceptors (Lipinski definition) is 5. The second-order valence-electron chi connectivity index (χ2n) is 5.70. The van der Waals surface area contributed by atoms with Crippen LogP contribution < -0.4 is 5.32 Å². The van der Waals surface area contributed by atoms with Crippen molar-refractivity contribution < 1.29 is 13.2 Å². The van der Waals surface area contributed by atoms with Crippen LogP contribution in [0.1, 0.15) is 17.2 Å². The molecule has 1 aromatic carbocycles. The molecule has 0 aliphatic carbocycles. The van der Waals surface area contributed by atoms with Gasteiger partial charge >= 0.3 is 0 Å². The van der Waals surface area contributed by atoms with Gasteiger partial charge in [0, 0.05) is 39.1 Å². The van der Waals surface area contributed by atoms with Gasteiger partial charge in [-0.1, -0.05) is 18.2 Å². The third-order valence-corrected chi connectivity index (χ3v) is 6.03. The molecule has 2 aromatic rings. The molecular weight excluding hydrogens is 362 g/mol. The van der Waals surface area contributed by atoms with Crippen molar-refractivity contribution in [3.05, 3.63) is 59.9 Å². The summed E-state index contributed by atoms with van der Waals surface area (Å²) in [6.45, 7) is 2.11. The van der Waals surface area contributed by atoms with E-state index in [0.29, 0.717) is 31.1 Å². The molecule has 0 radical (unpaired) electrons. The Kier molecular flexibility index (Phi) is 6.92. The standard InChI is InChI=1S/C17H21N3O3S.ClH/c1-23-13-14-4-6-16(7-5-14)24(21,22)20-10-9-19-12-17(20)15-3-2-8-18-11-15;/h2-8,11,17,19H,9-10,12-13H2,1H3;1H. The molecule has 1 fully saturated rings. The molecule has 25 heavy (non-hydrogen) atoms. The van der Waals surface area contributed by atoms with Crippen LogP contribution in [0.2, 0.25) is 0 Å². The second-order valence-corrected chi connectivity index (χ2v) is 7.59. The van der Waals surface area contributed by atoms with Gasteiger partial charge in [-0.05, 0) is 29.3 Å². The van der Waals surface area contributed by atoms with Gasteiger partial charge in [-0.3, -0.25) is 4.98 Å². The van der Waals surface area contributed by atoms with Gasteiger partial charge in [0.1, 0.15) is 0 Å². The molecule has 1 unspecified atom stereocenters. The summed E-state index contributed by atoms with van der Waals surface area (Å²) < 4.78 is 32.8. The van der Waals surface area contributed by atoms with E-state index in [1.807, 2.05) is 12.1 Å². The topological polar surface area (TPSA) is 71.5 Å². The third kappa shape index (κ3) is 4.37. The van der Waals surface area contributed by atoms with Crippen molar-refractivity contribution in [2.45, 2.75) is 17.5 Å². The molecular formula is C17H22ClN3O3S. The molecule has 1 saturated heterocycles. The summed E-state index contributed by atoms with van der Waals surface area (Å²) in [6, 6.07) is 10.4. The maximum atomic E-state index is 13.1. The van der Waals surface area contributed by atoms with Crippen LogP contribution in [0.15, 0.2) is 53.7 Å². The van der Waals surface area contributed by atoms with Crippen LogP contribution in [-0.4, -0.2) is 44.5 Å². The van der Waals surface area contributed by atoms with Gasteiger partial charge in [0.05, 0.1) is 17.5 Å². The van der Waals surface area contributed by atoms with Crippen molar-refractivity contribution in [2.24, 2.45) is 0 Å². The fourth-order valence-electron chi connectivity index (χ4n) is 2.89. The molecule has 0 amide bonds. The predicted molar refractivity (Wildman–Crippen MR) is 98.1 cm³/mol. The Morgan fingerprint density at radius 3 is 2.68 bits per heavy atom. The van der Waals surface area contributed by atoms with Crippen molar-refractivity contribution >= 4 is 22.4 Å². The van der Waals surface area contributed by atoms with E-state index < -0.39 is 10.0 Å². The van der Waals surface area contributed by atoms with E-state index in [0.717, 1.165) is 11.1 Å². The molecule has 8 heteroatoms.